The van der Waals surface area contributed by atoms with Gasteiger partial charge in [0.2, 0.25) is 5.91 Å². The van der Waals surface area contributed by atoms with Crippen LogP contribution in [0.5, 0.6) is 0 Å². The molecule has 1 amide bonds. The summed E-state index contributed by atoms with van der Waals surface area (Å²) in [6.45, 7) is 0. The topological polar surface area (TPSA) is 29.1 Å². The number of hydrogen-bond donors (Lipinski definition) is 1. The molecule has 0 radical (unpaired) electrons. The minimum absolute atomic E-state index is 0.377. The van der Waals surface area contributed by atoms with Gasteiger partial charge in [0.15, 0.2) is 23.3 Å². The molecule has 1 N–H and O–H groups in total. The van der Waals surface area contributed by atoms with Crippen molar-refractivity contribution in [2.45, 2.75) is 0 Å². The van der Waals surface area contributed by atoms with Crippen LogP contribution in [0.25, 0.3) is 6.08 Å². The summed E-state index contributed by atoms with van der Waals surface area (Å²) in [7, 11) is 0. The molecule has 2 nitrogen and oxygen atoms in total. The Kier molecular flexibility index (Phi) is 4.37. The van der Waals surface area contributed by atoms with Crippen molar-refractivity contribution in [2.75, 3.05) is 5.32 Å². The normalized spacial score (nSPS) is 10.9. The standard InChI is InChI=1S/C15H9F4NO/c16-10-8-11(14(18)15(19)13(10)17)20-12(21)7-6-9-4-2-1-3-5-9/h1-8H,(H,20,21)/b7-6+. The summed E-state index contributed by atoms with van der Waals surface area (Å²) in [5.74, 6) is -7.95. The van der Waals surface area contributed by atoms with E-state index in [-0.39, 0.29) is 0 Å². The molecule has 0 aliphatic carbocycles. The van der Waals surface area contributed by atoms with Gasteiger partial charge in [-0.05, 0) is 11.6 Å². The SMILES string of the molecule is O=C(/C=C/c1ccccc1)Nc1cc(F)c(F)c(F)c1F. The van der Waals surface area contributed by atoms with E-state index in [9.17, 15) is 22.4 Å². The molecule has 2 rings (SSSR count). The molecule has 0 spiro atoms. The predicted octanol–water partition coefficient (Wildman–Crippen LogP) is 3.89. The smallest absolute Gasteiger partial charge is 0.248 e. The van der Waals surface area contributed by atoms with E-state index in [1.807, 2.05) is 5.32 Å². The molecule has 2 aromatic rings. The van der Waals surface area contributed by atoms with Crippen LogP contribution in [0, 0.1) is 23.3 Å². The molecular formula is C15H9F4NO. The molecule has 0 atom stereocenters. The summed E-state index contributed by atoms with van der Waals surface area (Å²) < 4.78 is 52.1. The van der Waals surface area contributed by atoms with Crippen LogP contribution in [0.1, 0.15) is 5.56 Å². The van der Waals surface area contributed by atoms with Crippen molar-refractivity contribution in [1.29, 1.82) is 0 Å². The molecule has 0 aliphatic rings. The lowest BCUT2D eigenvalue weighted by Crippen LogP contribution is -2.11. The average Bonchev–Trinajstić information content (AvgIpc) is 2.49. The van der Waals surface area contributed by atoms with Gasteiger partial charge in [-0.15, -0.1) is 0 Å². The fraction of sp³-hybridized carbons (Fsp3) is 0. The second kappa shape index (κ2) is 6.21. The first-order valence-corrected chi connectivity index (χ1v) is 5.86. The highest BCUT2D eigenvalue weighted by Gasteiger charge is 2.19. The van der Waals surface area contributed by atoms with Gasteiger partial charge in [-0.2, -0.15) is 0 Å². The first-order chi connectivity index (χ1) is 9.99. The third-order valence-corrected chi connectivity index (χ3v) is 2.59. The number of rotatable bonds is 3. The Balaban J connectivity index is 2.15. The van der Waals surface area contributed by atoms with Crippen LogP contribution in [0.15, 0.2) is 42.5 Å². The molecule has 21 heavy (non-hydrogen) atoms. The van der Waals surface area contributed by atoms with E-state index < -0.39 is 34.9 Å². The van der Waals surface area contributed by atoms with Crippen LogP contribution in [0.4, 0.5) is 23.2 Å². The van der Waals surface area contributed by atoms with Gasteiger partial charge in [-0.3, -0.25) is 4.79 Å². The molecule has 2 aromatic carbocycles. The quantitative estimate of drug-likeness (QED) is 0.396. The van der Waals surface area contributed by atoms with E-state index in [2.05, 4.69) is 0 Å². The minimum Gasteiger partial charge on any atom is -0.320 e. The van der Waals surface area contributed by atoms with Gasteiger partial charge < -0.3 is 5.32 Å². The second-order valence-corrected chi connectivity index (χ2v) is 4.08. The van der Waals surface area contributed by atoms with E-state index in [0.717, 1.165) is 6.08 Å². The van der Waals surface area contributed by atoms with E-state index in [1.165, 1.54) is 6.08 Å². The van der Waals surface area contributed by atoms with Gasteiger partial charge in [0.25, 0.3) is 0 Å². The van der Waals surface area contributed by atoms with Crippen molar-refractivity contribution in [1.82, 2.24) is 0 Å². The molecule has 6 heteroatoms. The number of benzene rings is 2. The fourth-order valence-electron chi connectivity index (χ4n) is 1.57. The lowest BCUT2D eigenvalue weighted by atomic mass is 10.2. The van der Waals surface area contributed by atoms with Gasteiger partial charge in [0.1, 0.15) is 0 Å². The summed E-state index contributed by atoms with van der Waals surface area (Å²) >= 11 is 0. The maximum atomic E-state index is 13.3. The van der Waals surface area contributed by atoms with Crippen LogP contribution >= 0.6 is 0 Å². The van der Waals surface area contributed by atoms with Crippen LogP contribution in [-0.2, 0) is 4.79 Å². The lowest BCUT2D eigenvalue weighted by Gasteiger charge is -2.06. The van der Waals surface area contributed by atoms with E-state index in [4.69, 9.17) is 0 Å². The van der Waals surface area contributed by atoms with Crippen LogP contribution < -0.4 is 5.32 Å². The fourth-order valence-corrected chi connectivity index (χ4v) is 1.57. The first-order valence-electron chi connectivity index (χ1n) is 5.86. The van der Waals surface area contributed by atoms with E-state index in [1.54, 1.807) is 30.3 Å². The molecule has 0 fully saturated rings. The molecule has 0 aromatic heterocycles. The number of anilines is 1. The number of hydrogen-bond acceptors (Lipinski definition) is 1. The third kappa shape index (κ3) is 3.47. The zero-order valence-corrected chi connectivity index (χ0v) is 10.5. The summed E-state index contributed by atoms with van der Waals surface area (Å²) in [6, 6.07) is 9.12. The number of halogens is 4. The van der Waals surface area contributed by atoms with Crippen LogP contribution in [0.3, 0.4) is 0 Å². The van der Waals surface area contributed by atoms with Crippen molar-refractivity contribution in [2.24, 2.45) is 0 Å². The van der Waals surface area contributed by atoms with Crippen molar-refractivity contribution in [3.05, 3.63) is 71.3 Å². The van der Waals surface area contributed by atoms with E-state index >= 15 is 0 Å². The summed E-state index contributed by atoms with van der Waals surface area (Å²) in [5.41, 5.74) is -0.0568. The predicted molar refractivity (Wildman–Crippen MR) is 70.4 cm³/mol. The summed E-state index contributed by atoms with van der Waals surface area (Å²) in [6.07, 6.45) is 2.50. The maximum absolute atomic E-state index is 13.3. The van der Waals surface area contributed by atoms with Gasteiger partial charge in [0.05, 0.1) is 5.69 Å². The Bertz CT molecular complexity index is 699. The van der Waals surface area contributed by atoms with Gasteiger partial charge in [-0.1, -0.05) is 30.3 Å². The molecule has 0 saturated carbocycles. The molecule has 0 unspecified atom stereocenters. The Hall–Kier alpha value is -2.63. The molecule has 0 aliphatic heterocycles. The summed E-state index contributed by atoms with van der Waals surface area (Å²) in [4.78, 5) is 11.5. The molecule has 0 bridgehead atoms. The third-order valence-electron chi connectivity index (χ3n) is 2.59. The number of nitrogens with one attached hydrogen (secondary N) is 1. The van der Waals surface area contributed by atoms with E-state index in [0.29, 0.717) is 11.6 Å². The van der Waals surface area contributed by atoms with Crippen molar-refractivity contribution in [3.63, 3.8) is 0 Å². The highest BCUT2D eigenvalue weighted by atomic mass is 19.2. The van der Waals surface area contributed by atoms with Gasteiger partial charge >= 0.3 is 0 Å². The van der Waals surface area contributed by atoms with Gasteiger partial charge in [-0.25, -0.2) is 17.6 Å². The largest absolute Gasteiger partial charge is 0.320 e. The maximum Gasteiger partial charge on any atom is 0.248 e. The number of amides is 1. The average molecular weight is 295 g/mol. The number of carbonyl (C=O) groups is 1. The first kappa shape index (κ1) is 14.8. The zero-order chi connectivity index (χ0) is 15.4. The zero-order valence-electron chi connectivity index (χ0n) is 10.5. The monoisotopic (exact) mass is 295 g/mol. The molecular weight excluding hydrogens is 286 g/mol. The Labute approximate surface area is 117 Å². The highest BCUT2D eigenvalue weighted by molar-refractivity contribution is 6.02. The highest BCUT2D eigenvalue weighted by Crippen LogP contribution is 2.22. The summed E-state index contributed by atoms with van der Waals surface area (Å²) in [5, 5.41) is 1.94. The Morgan fingerprint density at radius 3 is 2.29 bits per heavy atom. The van der Waals surface area contributed by atoms with Crippen LogP contribution in [0.2, 0.25) is 0 Å². The van der Waals surface area contributed by atoms with Crippen molar-refractivity contribution < 1.29 is 22.4 Å². The Morgan fingerprint density at radius 1 is 0.952 bits per heavy atom. The lowest BCUT2D eigenvalue weighted by molar-refractivity contribution is -0.111. The second-order valence-electron chi connectivity index (χ2n) is 4.08. The Morgan fingerprint density at radius 2 is 1.62 bits per heavy atom. The molecule has 0 heterocycles. The van der Waals surface area contributed by atoms with Crippen LogP contribution in [-0.4, -0.2) is 5.91 Å². The van der Waals surface area contributed by atoms with Crippen molar-refractivity contribution in [3.8, 4) is 0 Å². The molecule has 0 saturated heterocycles. The van der Waals surface area contributed by atoms with Gasteiger partial charge in [0, 0.05) is 12.1 Å². The number of carbonyl (C=O) groups excluding carboxylic acids is 1. The molecule has 108 valence electrons. The minimum atomic E-state index is -1.97. The van der Waals surface area contributed by atoms with Crippen molar-refractivity contribution >= 4 is 17.7 Å².